The van der Waals surface area contributed by atoms with Gasteiger partial charge in [0.1, 0.15) is 5.75 Å². The van der Waals surface area contributed by atoms with E-state index >= 15 is 0 Å². The van der Waals surface area contributed by atoms with Crippen molar-refractivity contribution in [3.8, 4) is 5.75 Å². The van der Waals surface area contributed by atoms with E-state index in [1.807, 2.05) is 0 Å². The van der Waals surface area contributed by atoms with E-state index in [1.165, 1.54) is 12.1 Å². The van der Waals surface area contributed by atoms with Crippen molar-refractivity contribution >= 4 is 5.97 Å². The Morgan fingerprint density at radius 3 is 2.48 bits per heavy atom. The third kappa shape index (κ3) is 3.30. The number of ether oxygens (including phenoxy) is 1. The highest BCUT2D eigenvalue weighted by Crippen LogP contribution is 2.46. The molecule has 1 heterocycles. The summed E-state index contributed by atoms with van der Waals surface area (Å²) in [5.41, 5.74) is -4.97. The van der Waals surface area contributed by atoms with Gasteiger partial charge in [-0.1, -0.05) is 18.2 Å². The summed E-state index contributed by atoms with van der Waals surface area (Å²) < 4.78 is 44.6. The van der Waals surface area contributed by atoms with Crippen LogP contribution in [0.15, 0.2) is 40.6 Å². The molecule has 0 spiro atoms. The smallest absolute Gasteiger partial charge is 0.421 e. The number of benzene rings is 1. The Morgan fingerprint density at radius 2 is 1.96 bits per heavy atom. The fourth-order valence-electron chi connectivity index (χ4n) is 2.21. The predicted octanol–water partition coefficient (Wildman–Crippen LogP) is 2.78. The average Bonchev–Trinajstić information content (AvgIpc) is 2.79. The molecule has 10 heteroatoms. The lowest BCUT2D eigenvalue weighted by molar-refractivity contribution is -0.499. The van der Waals surface area contributed by atoms with Gasteiger partial charge in [-0.15, -0.1) is 0 Å². The molecule has 0 amide bonds. The molecule has 0 aromatic heterocycles. The van der Waals surface area contributed by atoms with Crippen LogP contribution >= 0.6 is 0 Å². The van der Waals surface area contributed by atoms with E-state index in [-0.39, 0.29) is 5.75 Å². The Kier molecular flexibility index (Phi) is 4.10. The van der Waals surface area contributed by atoms with Gasteiger partial charge in [-0.25, -0.2) is 4.79 Å². The molecule has 1 aromatic carbocycles. The molecule has 124 valence electrons. The lowest BCUT2D eigenvalue weighted by atomic mass is 9.85. The zero-order chi connectivity index (χ0) is 17.3. The molecule has 0 radical (unpaired) electrons. The van der Waals surface area contributed by atoms with Crippen molar-refractivity contribution in [2.24, 2.45) is 10.2 Å². The van der Waals surface area contributed by atoms with Crippen LogP contribution in [0.4, 0.5) is 13.2 Å². The van der Waals surface area contributed by atoms with Crippen molar-refractivity contribution in [3.05, 3.63) is 40.4 Å². The number of azo groups is 1. The van der Waals surface area contributed by atoms with Crippen LogP contribution < -0.4 is 4.74 Å². The summed E-state index contributed by atoms with van der Waals surface area (Å²) in [6.07, 6.45) is -5.98. The van der Waals surface area contributed by atoms with Gasteiger partial charge in [0, 0.05) is 11.3 Å². The molecule has 2 atom stereocenters. The van der Waals surface area contributed by atoms with Gasteiger partial charge in [0.05, 0.1) is 0 Å². The average molecular weight is 331 g/mol. The van der Waals surface area contributed by atoms with Crippen molar-refractivity contribution in [1.29, 1.82) is 0 Å². The monoisotopic (exact) mass is 331 g/mol. The fraction of sp³-hybridized carbons (Fsp3) is 0.462. The molecule has 0 fully saturated rings. The van der Waals surface area contributed by atoms with Crippen molar-refractivity contribution in [2.75, 3.05) is 6.54 Å². The third-order valence-corrected chi connectivity index (χ3v) is 3.41. The Bertz CT molecular complexity index is 650. The molecule has 0 aliphatic carbocycles. The maximum atomic E-state index is 13.2. The number of alkyl halides is 3. The molecule has 0 bridgehead atoms. The summed E-state index contributed by atoms with van der Waals surface area (Å²) in [4.78, 5) is 21.6. The second-order valence-corrected chi connectivity index (χ2v) is 5.37. The van der Waals surface area contributed by atoms with Crippen LogP contribution in [-0.4, -0.2) is 34.7 Å². The van der Waals surface area contributed by atoms with E-state index in [0.717, 1.165) is 6.92 Å². The van der Waals surface area contributed by atoms with Crippen molar-refractivity contribution in [2.45, 2.75) is 30.6 Å². The summed E-state index contributed by atoms with van der Waals surface area (Å²) >= 11 is 0. The number of carbonyl (C=O) groups excluding carboxylic acids is 1. The number of hydrogen-bond acceptors (Lipinski definition) is 6. The first-order valence-corrected chi connectivity index (χ1v) is 6.48. The van der Waals surface area contributed by atoms with Gasteiger partial charge in [0.15, 0.2) is 5.54 Å². The summed E-state index contributed by atoms with van der Waals surface area (Å²) in [6.45, 7) is -0.385. The number of para-hydroxylation sites is 1. The van der Waals surface area contributed by atoms with Crippen molar-refractivity contribution in [3.63, 3.8) is 0 Å². The van der Waals surface area contributed by atoms with Crippen molar-refractivity contribution in [1.82, 2.24) is 0 Å². The van der Waals surface area contributed by atoms with Gasteiger partial charge in [-0.2, -0.15) is 23.4 Å². The third-order valence-electron chi connectivity index (χ3n) is 3.41. The van der Waals surface area contributed by atoms with Gasteiger partial charge < -0.3 is 4.74 Å². The highest BCUT2D eigenvalue weighted by molar-refractivity contribution is 5.83. The van der Waals surface area contributed by atoms with E-state index in [0.29, 0.717) is 0 Å². The largest absolute Gasteiger partial charge is 0.425 e. The summed E-state index contributed by atoms with van der Waals surface area (Å²) in [7, 11) is 0. The predicted molar refractivity (Wildman–Crippen MR) is 70.6 cm³/mol. The molecule has 1 aromatic rings. The lowest BCUT2D eigenvalue weighted by Crippen LogP contribution is -2.51. The highest BCUT2D eigenvalue weighted by Gasteiger charge is 2.67. The standard InChI is InChI=1S/C13H12F3N3O4/c1-11(10(20)23-9-5-3-2-4-6-9)7-12(18-17-11,8-19(21)22)13(14,15)16/h2-6H,7-8H2,1H3/t11-,12+/m1/s1. The van der Waals surface area contributed by atoms with Gasteiger partial charge in [-0.05, 0) is 19.1 Å². The van der Waals surface area contributed by atoms with Gasteiger partial charge >= 0.3 is 12.1 Å². The maximum Gasteiger partial charge on any atom is 0.421 e. The Hall–Kier alpha value is -2.52. The maximum absolute atomic E-state index is 13.2. The van der Waals surface area contributed by atoms with Crippen LogP contribution in [0, 0.1) is 10.1 Å². The van der Waals surface area contributed by atoms with Crippen LogP contribution in [0.5, 0.6) is 5.75 Å². The first-order valence-electron chi connectivity index (χ1n) is 6.48. The summed E-state index contributed by atoms with van der Waals surface area (Å²) in [6, 6.07) is 7.71. The molecular weight excluding hydrogens is 319 g/mol. The Balaban J connectivity index is 2.23. The number of carbonyl (C=O) groups is 1. The SMILES string of the molecule is C[C@]1(C(=O)Oc2ccccc2)C[C@](C[N+](=O)[O-])(C(F)(F)F)N=N1. The highest BCUT2D eigenvalue weighted by atomic mass is 19.4. The summed E-state index contributed by atoms with van der Waals surface area (Å²) in [5, 5.41) is 17.0. The van der Waals surface area contributed by atoms with E-state index in [2.05, 4.69) is 10.2 Å². The molecule has 2 rings (SSSR count). The van der Waals surface area contributed by atoms with E-state index < -0.39 is 41.1 Å². The fourth-order valence-corrected chi connectivity index (χ4v) is 2.21. The minimum atomic E-state index is -5.01. The van der Waals surface area contributed by atoms with Crippen LogP contribution in [0.1, 0.15) is 13.3 Å². The van der Waals surface area contributed by atoms with Gasteiger partial charge in [0.2, 0.25) is 12.1 Å². The van der Waals surface area contributed by atoms with Crippen LogP contribution in [-0.2, 0) is 4.79 Å². The molecule has 1 aliphatic rings. The molecular formula is C13H12F3N3O4. The normalized spacial score (nSPS) is 27.0. The number of rotatable bonds is 4. The van der Waals surface area contributed by atoms with E-state index in [4.69, 9.17) is 4.74 Å². The number of halogens is 3. The van der Waals surface area contributed by atoms with Crippen LogP contribution in [0.2, 0.25) is 0 Å². The molecule has 0 saturated carbocycles. The minimum Gasteiger partial charge on any atom is -0.425 e. The van der Waals surface area contributed by atoms with Gasteiger partial charge in [-0.3, -0.25) is 10.1 Å². The topological polar surface area (TPSA) is 94.2 Å². The molecule has 0 unspecified atom stereocenters. The zero-order valence-corrected chi connectivity index (χ0v) is 11.9. The number of hydrogen-bond donors (Lipinski definition) is 0. The second kappa shape index (κ2) is 5.60. The quantitative estimate of drug-likeness (QED) is 0.367. The van der Waals surface area contributed by atoms with E-state index in [9.17, 15) is 28.1 Å². The Labute approximate surface area is 128 Å². The van der Waals surface area contributed by atoms with Gasteiger partial charge in [0.25, 0.3) is 0 Å². The second-order valence-electron chi connectivity index (χ2n) is 5.37. The van der Waals surface area contributed by atoms with Crippen LogP contribution in [0.3, 0.4) is 0 Å². The van der Waals surface area contributed by atoms with Crippen LogP contribution in [0.25, 0.3) is 0 Å². The first-order chi connectivity index (χ1) is 10.6. The lowest BCUT2D eigenvalue weighted by Gasteiger charge is -2.26. The number of nitrogens with zero attached hydrogens (tertiary/aromatic N) is 3. The minimum absolute atomic E-state index is 0.132. The molecule has 23 heavy (non-hydrogen) atoms. The summed E-state index contributed by atoms with van der Waals surface area (Å²) in [5.74, 6) is -0.922. The molecule has 7 nitrogen and oxygen atoms in total. The number of esters is 1. The Morgan fingerprint density at radius 1 is 1.35 bits per heavy atom. The zero-order valence-electron chi connectivity index (χ0n) is 11.9. The van der Waals surface area contributed by atoms with Crippen molar-refractivity contribution < 1.29 is 27.6 Å². The molecule has 1 aliphatic heterocycles. The van der Waals surface area contributed by atoms with E-state index in [1.54, 1.807) is 18.2 Å². The molecule has 0 N–H and O–H groups in total. The number of nitro groups is 1. The molecule has 0 saturated heterocycles. The first kappa shape index (κ1) is 16.8.